The van der Waals surface area contributed by atoms with E-state index >= 15 is 0 Å². The molecular weight excluding hydrogens is 152 g/mol. The second kappa shape index (κ2) is 4.45. The Morgan fingerprint density at radius 2 is 1.62 bits per heavy atom. The standard InChI is InChI=1S/C3H6O2Si3/c1-2-6-4-8-5-7-3-1/h1-3H2. The molecule has 0 amide bonds. The minimum atomic E-state index is 0.315. The molecule has 0 N–H and O–H groups in total. The van der Waals surface area contributed by atoms with E-state index in [4.69, 9.17) is 8.23 Å². The summed E-state index contributed by atoms with van der Waals surface area (Å²) in [6, 6.07) is 2.48. The third-order valence-electron chi connectivity index (χ3n) is 0.785. The van der Waals surface area contributed by atoms with E-state index in [9.17, 15) is 0 Å². The van der Waals surface area contributed by atoms with Crippen LogP contribution in [0.3, 0.4) is 0 Å². The lowest BCUT2D eigenvalue weighted by atomic mass is 10.6. The Labute approximate surface area is 56.9 Å². The molecule has 0 unspecified atom stereocenters. The molecule has 0 aromatic carbocycles. The van der Waals surface area contributed by atoms with Crippen molar-refractivity contribution in [3.8, 4) is 0 Å². The van der Waals surface area contributed by atoms with Crippen LogP contribution in [0.5, 0.6) is 0 Å². The molecule has 1 aliphatic rings. The van der Waals surface area contributed by atoms with Gasteiger partial charge in [-0.1, -0.05) is 6.42 Å². The number of hydrogen-bond acceptors (Lipinski definition) is 2. The van der Waals surface area contributed by atoms with Gasteiger partial charge in [0.1, 0.15) is 0 Å². The first kappa shape index (κ1) is 6.69. The van der Waals surface area contributed by atoms with Crippen LogP contribution in [-0.4, -0.2) is 29.5 Å². The van der Waals surface area contributed by atoms with Gasteiger partial charge in [0, 0.05) is 0 Å². The van der Waals surface area contributed by atoms with E-state index in [0.717, 1.165) is 0 Å². The summed E-state index contributed by atoms with van der Waals surface area (Å²) in [6.07, 6.45) is 1.28. The van der Waals surface area contributed by atoms with Crippen LogP contribution >= 0.6 is 0 Å². The molecule has 0 aromatic heterocycles. The predicted molar refractivity (Wildman–Crippen MR) is 33.7 cm³/mol. The Kier molecular flexibility index (Phi) is 3.72. The van der Waals surface area contributed by atoms with E-state index in [2.05, 4.69) is 0 Å². The van der Waals surface area contributed by atoms with Gasteiger partial charge in [-0.15, -0.1) is 0 Å². The van der Waals surface area contributed by atoms with E-state index < -0.39 is 0 Å². The van der Waals surface area contributed by atoms with Crippen LogP contribution in [0.15, 0.2) is 0 Å². The number of hydrogen-bond donors (Lipinski definition) is 0. The van der Waals surface area contributed by atoms with Crippen LogP contribution in [0.1, 0.15) is 6.42 Å². The van der Waals surface area contributed by atoms with Crippen molar-refractivity contribution in [2.45, 2.75) is 18.5 Å². The molecule has 8 heavy (non-hydrogen) atoms. The number of rotatable bonds is 0. The monoisotopic (exact) mass is 158 g/mol. The Hall–Kier alpha value is 0.571. The first-order valence-electron chi connectivity index (χ1n) is 2.52. The molecule has 0 atom stereocenters. The van der Waals surface area contributed by atoms with Gasteiger partial charge in [0.15, 0.2) is 0 Å². The summed E-state index contributed by atoms with van der Waals surface area (Å²) in [5.41, 5.74) is 0. The lowest BCUT2D eigenvalue weighted by molar-refractivity contribution is 0.482. The summed E-state index contributed by atoms with van der Waals surface area (Å²) in [5, 5.41) is 0. The Bertz CT molecular complexity index is 36.5. The molecule has 2 nitrogen and oxygen atoms in total. The molecule has 0 bridgehead atoms. The summed E-state index contributed by atoms with van der Waals surface area (Å²) in [7, 11) is 1.68. The molecule has 0 saturated carbocycles. The van der Waals surface area contributed by atoms with Crippen LogP contribution in [0.2, 0.25) is 12.1 Å². The highest BCUT2D eigenvalue weighted by molar-refractivity contribution is 6.46. The lowest BCUT2D eigenvalue weighted by Crippen LogP contribution is -2.14. The highest BCUT2D eigenvalue weighted by Gasteiger charge is 2.01. The van der Waals surface area contributed by atoms with Crippen LogP contribution in [0, 0.1) is 0 Å². The fraction of sp³-hybridized carbons (Fsp3) is 1.00. The zero-order chi connectivity index (χ0) is 5.66. The molecule has 1 aliphatic heterocycles. The van der Waals surface area contributed by atoms with E-state index in [1.54, 1.807) is 0 Å². The van der Waals surface area contributed by atoms with Crippen molar-refractivity contribution >= 4 is 29.5 Å². The van der Waals surface area contributed by atoms with Gasteiger partial charge in [0.25, 0.3) is 0 Å². The van der Waals surface area contributed by atoms with Gasteiger partial charge in [-0.3, -0.25) is 0 Å². The largest absolute Gasteiger partial charge is 0.435 e. The maximum atomic E-state index is 5.11. The zero-order valence-electron chi connectivity index (χ0n) is 4.44. The fourth-order valence-electron chi connectivity index (χ4n) is 0.415. The third kappa shape index (κ3) is 2.78. The summed E-state index contributed by atoms with van der Waals surface area (Å²) >= 11 is 0. The topological polar surface area (TPSA) is 18.5 Å². The van der Waals surface area contributed by atoms with Gasteiger partial charge in [-0.05, 0) is 12.1 Å². The average Bonchev–Trinajstić information content (AvgIpc) is 1.62. The molecule has 5 heteroatoms. The fourth-order valence-corrected chi connectivity index (χ4v) is 3.24. The van der Waals surface area contributed by atoms with Gasteiger partial charge in [0.2, 0.25) is 19.5 Å². The predicted octanol–water partition coefficient (Wildman–Crippen LogP) is 0.0325. The van der Waals surface area contributed by atoms with Crippen LogP contribution in [0.25, 0.3) is 0 Å². The molecule has 1 heterocycles. The maximum absolute atomic E-state index is 5.11. The molecule has 1 rings (SSSR count). The highest BCUT2D eigenvalue weighted by atomic mass is 28.4. The minimum Gasteiger partial charge on any atom is -0.435 e. The lowest BCUT2D eigenvalue weighted by Gasteiger charge is -2.04. The van der Waals surface area contributed by atoms with Crippen molar-refractivity contribution < 1.29 is 8.23 Å². The van der Waals surface area contributed by atoms with Crippen molar-refractivity contribution in [3.05, 3.63) is 0 Å². The van der Waals surface area contributed by atoms with Crippen molar-refractivity contribution in [1.82, 2.24) is 0 Å². The second-order valence-corrected chi connectivity index (χ2v) is 4.81. The van der Waals surface area contributed by atoms with Gasteiger partial charge < -0.3 is 8.23 Å². The Morgan fingerprint density at radius 1 is 1.00 bits per heavy atom. The van der Waals surface area contributed by atoms with E-state index in [1.807, 2.05) is 0 Å². The minimum absolute atomic E-state index is 0.315. The molecule has 42 valence electrons. The van der Waals surface area contributed by atoms with Crippen molar-refractivity contribution in [3.63, 3.8) is 0 Å². The smallest absolute Gasteiger partial charge is 0.409 e. The Balaban J connectivity index is 2.00. The normalized spacial score (nSPS) is 24.0. The quantitative estimate of drug-likeness (QED) is 0.463. The molecule has 6 radical (unpaired) electrons. The first-order chi connectivity index (χ1) is 4.00. The second-order valence-electron chi connectivity index (χ2n) is 1.43. The van der Waals surface area contributed by atoms with Crippen molar-refractivity contribution in [2.75, 3.05) is 0 Å². The van der Waals surface area contributed by atoms with Crippen LogP contribution < -0.4 is 0 Å². The third-order valence-corrected chi connectivity index (χ3v) is 3.72. The molecule has 1 fully saturated rings. The molecular formula is C3H6O2Si3. The molecule has 1 saturated heterocycles. The van der Waals surface area contributed by atoms with E-state index in [-0.39, 0.29) is 0 Å². The summed E-state index contributed by atoms with van der Waals surface area (Å²) in [4.78, 5) is 0. The Morgan fingerprint density at radius 3 is 2.25 bits per heavy atom. The van der Waals surface area contributed by atoms with E-state index in [0.29, 0.717) is 29.5 Å². The van der Waals surface area contributed by atoms with Crippen LogP contribution in [0.4, 0.5) is 0 Å². The summed E-state index contributed by atoms with van der Waals surface area (Å²) in [6.45, 7) is 0. The van der Waals surface area contributed by atoms with Crippen molar-refractivity contribution in [2.24, 2.45) is 0 Å². The summed E-state index contributed by atoms with van der Waals surface area (Å²) in [5.74, 6) is 0. The molecule has 0 spiro atoms. The average molecular weight is 158 g/mol. The van der Waals surface area contributed by atoms with Crippen molar-refractivity contribution in [1.29, 1.82) is 0 Å². The maximum Gasteiger partial charge on any atom is 0.409 e. The van der Waals surface area contributed by atoms with Crippen LogP contribution in [-0.2, 0) is 8.23 Å². The van der Waals surface area contributed by atoms with Gasteiger partial charge in [-0.2, -0.15) is 0 Å². The molecule has 0 aromatic rings. The summed E-state index contributed by atoms with van der Waals surface area (Å²) < 4.78 is 10.2. The highest BCUT2D eigenvalue weighted by Crippen LogP contribution is 1.98. The zero-order valence-corrected chi connectivity index (χ0v) is 7.44. The SMILES string of the molecule is C1C[Si]O[Si]O[Si]C1. The first-order valence-corrected chi connectivity index (χ1v) is 5.57. The van der Waals surface area contributed by atoms with Gasteiger partial charge in [0.05, 0.1) is 0 Å². The van der Waals surface area contributed by atoms with Gasteiger partial charge >= 0.3 is 10.0 Å². The van der Waals surface area contributed by atoms with E-state index in [1.165, 1.54) is 18.5 Å². The van der Waals surface area contributed by atoms with Gasteiger partial charge in [-0.25, -0.2) is 0 Å². The molecule has 0 aliphatic carbocycles.